The number of pyridine rings is 2. The number of nitriles is 2. The minimum atomic E-state index is -0.0742. The van der Waals surface area contributed by atoms with Gasteiger partial charge in [0.2, 0.25) is 0 Å². The molecule has 2 aromatic carbocycles. The van der Waals surface area contributed by atoms with Crippen LogP contribution in [-0.2, 0) is 13.1 Å². The van der Waals surface area contributed by atoms with E-state index in [0.29, 0.717) is 48.0 Å². The fourth-order valence-electron chi connectivity index (χ4n) is 6.73. The summed E-state index contributed by atoms with van der Waals surface area (Å²) < 4.78 is 4.11. The topological polar surface area (TPSA) is 167 Å². The van der Waals surface area contributed by atoms with Gasteiger partial charge in [0.15, 0.2) is 0 Å². The molecule has 47 heavy (non-hydrogen) atoms. The van der Waals surface area contributed by atoms with Gasteiger partial charge in [-0.1, -0.05) is 0 Å². The Bertz CT molecular complexity index is 2340. The van der Waals surface area contributed by atoms with Crippen LogP contribution < -0.4 is 16.4 Å². The normalized spacial score (nSPS) is 13.4. The molecule has 2 aliphatic rings. The van der Waals surface area contributed by atoms with Crippen LogP contribution >= 0.6 is 0 Å². The van der Waals surface area contributed by atoms with Gasteiger partial charge in [-0.2, -0.15) is 10.5 Å². The summed E-state index contributed by atoms with van der Waals surface area (Å²) in [6.07, 6.45) is 5.17. The molecule has 4 N–H and O–H groups in total. The van der Waals surface area contributed by atoms with E-state index >= 15 is 0 Å². The number of nitrogens with one attached hydrogen (secondary N) is 2. The third-order valence-electron chi connectivity index (χ3n) is 8.84. The van der Waals surface area contributed by atoms with Crippen LogP contribution in [0.5, 0.6) is 0 Å². The van der Waals surface area contributed by atoms with E-state index in [-0.39, 0.29) is 11.8 Å². The molecule has 0 saturated heterocycles. The number of carbonyl (C=O) groups excluding carboxylic acids is 2. The first-order chi connectivity index (χ1) is 22.8. The molecule has 0 saturated carbocycles. The Labute approximate surface area is 269 Å². The van der Waals surface area contributed by atoms with Crippen LogP contribution in [0.15, 0.2) is 67.1 Å². The van der Waals surface area contributed by atoms with E-state index in [1.165, 1.54) is 0 Å². The van der Waals surface area contributed by atoms with Gasteiger partial charge in [-0.05, 0) is 79.1 Å². The molecule has 0 spiro atoms. The van der Waals surface area contributed by atoms with Crippen LogP contribution in [0.1, 0.15) is 43.2 Å². The fraction of sp³-hybridized carbons (Fsp3) is 0.167. The number of rotatable bonds is 2. The fourth-order valence-corrected chi connectivity index (χ4v) is 6.73. The lowest BCUT2D eigenvalue weighted by Crippen LogP contribution is -2.35. The highest BCUT2D eigenvalue weighted by molar-refractivity contribution is 6.08. The van der Waals surface area contributed by atoms with E-state index in [1.54, 1.807) is 24.7 Å². The van der Waals surface area contributed by atoms with Crippen molar-refractivity contribution in [3.63, 3.8) is 0 Å². The van der Waals surface area contributed by atoms with Crippen molar-refractivity contribution in [2.24, 2.45) is 0 Å². The van der Waals surface area contributed by atoms with Crippen LogP contribution in [0.2, 0.25) is 0 Å². The lowest BCUT2D eigenvalue weighted by Gasteiger charge is -2.18. The van der Waals surface area contributed by atoms with Gasteiger partial charge in [0.25, 0.3) is 11.8 Å². The van der Waals surface area contributed by atoms with Crippen LogP contribution in [0, 0.1) is 36.5 Å². The molecule has 2 amide bonds. The van der Waals surface area contributed by atoms with Gasteiger partial charge in [-0.25, -0.2) is 4.98 Å². The molecule has 0 aliphatic carbocycles. The lowest BCUT2D eigenvalue weighted by molar-refractivity contribution is 0.0920. The second-order valence-electron chi connectivity index (χ2n) is 11.5. The van der Waals surface area contributed by atoms with Gasteiger partial charge >= 0.3 is 0 Å². The number of nitrogen functional groups attached to an aromatic ring is 1. The van der Waals surface area contributed by atoms with Gasteiger partial charge < -0.3 is 25.5 Å². The van der Waals surface area contributed by atoms with Crippen molar-refractivity contribution in [3.8, 4) is 34.4 Å². The number of amides is 2. The predicted octanol–water partition coefficient (Wildman–Crippen LogP) is 4.84. The molecule has 6 heterocycles. The number of hydrogen-bond acceptors (Lipinski definition) is 7. The first-order valence-corrected chi connectivity index (χ1v) is 15.1. The van der Waals surface area contributed by atoms with Gasteiger partial charge in [-0.3, -0.25) is 14.6 Å². The number of aryl methyl sites for hydroxylation is 2. The summed E-state index contributed by atoms with van der Waals surface area (Å²) in [5.74, 6) is 0.318. The molecule has 8 rings (SSSR count). The van der Waals surface area contributed by atoms with Crippen molar-refractivity contribution in [1.29, 1.82) is 10.5 Å². The van der Waals surface area contributed by atoms with Gasteiger partial charge in [0, 0.05) is 72.2 Å². The third-order valence-corrected chi connectivity index (χ3v) is 8.84. The maximum Gasteiger partial charge on any atom is 0.268 e. The lowest BCUT2D eigenvalue weighted by atomic mass is 9.99. The van der Waals surface area contributed by atoms with Crippen molar-refractivity contribution in [3.05, 3.63) is 101 Å². The maximum absolute atomic E-state index is 12.3. The van der Waals surface area contributed by atoms with Crippen molar-refractivity contribution in [2.45, 2.75) is 26.9 Å². The number of benzene rings is 2. The quantitative estimate of drug-likeness (QED) is 0.249. The Balaban J connectivity index is 0.000000150. The second-order valence-corrected chi connectivity index (χ2v) is 11.5. The van der Waals surface area contributed by atoms with Crippen molar-refractivity contribution >= 4 is 39.4 Å². The third kappa shape index (κ3) is 4.82. The minimum Gasteiger partial charge on any atom is -0.384 e. The summed E-state index contributed by atoms with van der Waals surface area (Å²) in [4.78, 5) is 32.8. The van der Waals surface area contributed by atoms with E-state index < -0.39 is 0 Å². The number of aromatic nitrogens is 4. The van der Waals surface area contributed by atoms with Gasteiger partial charge in [0.1, 0.15) is 17.2 Å². The minimum absolute atomic E-state index is 0.0517. The van der Waals surface area contributed by atoms with Crippen molar-refractivity contribution < 1.29 is 9.59 Å². The number of carbonyl (C=O) groups is 2. The molecule has 11 heteroatoms. The highest BCUT2D eigenvalue weighted by atomic mass is 16.2. The SMILES string of the molecule is Cc1c2n(c3c(-c4ccc(N)nc4)cc(C#N)cc13)CCNC2=O.Cc1c2n(c3c(-c4ccncc4)cc(C#N)cc13)CCNC2=O. The molecule has 4 aromatic heterocycles. The molecule has 0 unspecified atom stereocenters. The number of nitrogens with two attached hydrogens (primary N) is 1. The molecular weight excluding hydrogens is 590 g/mol. The van der Waals surface area contributed by atoms with Crippen LogP contribution in [0.25, 0.3) is 44.1 Å². The van der Waals surface area contributed by atoms with Crippen LogP contribution in [-0.4, -0.2) is 44.0 Å². The average Bonchev–Trinajstić information content (AvgIpc) is 3.56. The number of anilines is 1. The molecule has 6 aromatic rings. The zero-order valence-corrected chi connectivity index (χ0v) is 25.8. The van der Waals surface area contributed by atoms with Crippen LogP contribution in [0.4, 0.5) is 5.82 Å². The Hall–Kier alpha value is -6.46. The van der Waals surface area contributed by atoms with E-state index in [0.717, 1.165) is 61.7 Å². The van der Waals surface area contributed by atoms with E-state index in [2.05, 4.69) is 37.3 Å². The molecule has 0 atom stereocenters. The summed E-state index contributed by atoms with van der Waals surface area (Å²) in [5.41, 5.74) is 15.7. The highest BCUT2D eigenvalue weighted by Crippen LogP contribution is 2.37. The van der Waals surface area contributed by atoms with Crippen molar-refractivity contribution in [1.82, 2.24) is 29.7 Å². The summed E-state index contributed by atoms with van der Waals surface area (Å²) >= 11 is 0. The molecule has 230 valence electrons. The Kier molecular flexibility index (Phi) is 7.14. The summed E-state index contributed by atoms with van der Waals surface area (Å²) in [5, 5.41) is 26.4. The first-order valence-electron chi connectivity index (χ1n) is 15.1. The number of hydrogen-bond donors (Lipinski definition) is 3. The average molecular weight is 620 g/mol. The molecular formula is C36H29N9O2. The monoisotopic (exact) mass is 619 g/mol. The second kappa shape index (κ2) is 11.5. The van der Waals surface area contributed by atoms with Crippen molar-refractivity contribution in [2.75, 3.05) is 18.8 Å². The zero-order chi connectivity index (χ0) is 32.8. The largest absolute Gasteiger partial charge is 0.384 e. The van der Waals surface area contributed by atoms with Crippen LogP contribution in [0.3, 0.4) is 0 Å². The Morgan fingerprint density at radius 2 is 1.26 bits per heavy atom. The Morgan fingerprint density at radius 1 is 0.745 bits per heavy atom. The zero-order valence-electron chi connectivity index (χ0n) is 25.8. The van der Waals surface area contributed by atoms with E-state index in [4.69, 9.17) is 5.73 Å². The summed E-state index contributed by atoms with van der Waals surface area (Å²) in [6, 6.07) is 19.3. The number of fused-ring (bicyclic) bond motifs is 6. The Morgan fingerprint density at radius 3 is 1.72 bits per heavy atom. The predicted molar refractivity (Wildman–Crippen MR) is 178 cm³/mol. The summed E-state index contributed by atoms with van der Waals surface area (Å²) in [6.45, 7) is 6.50. The van der Waals surface area contributed by atoms with E-state index in [9.17, 15) is 20.1 Å². The molecule has 0 fully saturated rings. The standard InChI is InChI=1S/C18H15N5O.C18H14N4O/c1-10-13-6-11(8-19)7-14(12-2-3-15(20)22-9-12)17(13)23-5-4-21-18(24)16(10)23;1-11-14-8-12(10-19)9-15(13-2-4-20-5-3-13)17(14)22-7-6-21-18(23)16(11)22/h2-3,6-7,9H,4-5H2,1H3,(H2,20,22)(H,21,24);2-5,8-9H,6-7H2,1H3,(H,21,23). The molecule has 0 radical (unpaired) electrons. The maximum atomic E-state index is 12.3. The highest BCUT2D eigenvalue weighted by Gasteiger charge is 2.27. The van der Waals surface area contributed by atoms with Gasteiger partial charge in [0.05, 0.1) is 34.3 Å². The molecule has 2 aliphatic heterocycles. The summed E-state index contributed by atoms with van der Waals surface area (Å²) in [7, 11) is 0. The van der Waals surface area contributed by atoms with E-state index in [1.807, 2.05) is 60.9 Å². The smallest absolute Gasteiger partial charge is 0.268 e. The first kappa shape index (κ1) is 29.3. The molecule has 11 nitrogen and oxygen atoms in total. The molecule has 0 bridgehead atoms. The van der Waals surface area contributed by atoms with Gasteiger partial charge in [-0.15, -0.1) is 0 Å². The number of nitrogens with zero attached hydrogens (tertiary/aromatic N) is 6.